The van der Waals surface area contributed by atoms with E-state index >= 15 is 0 Å². The SMILES string of the molecule is CO.N=C(COc1ccc(COc2ccc(C(CC(=O)[O-])c3ccon3)cc2)cc1)c1ccccc1.[Na+]. The number of aliphatic carboxylic acids is 1. The number of nitrogens with one attached hydrogen (secondary N) is 1. The van der Waals surface area contributed by atoms with E-state index in [0.29, 0.717) is 29.5 Å². The summed E-state index contributed by atoms with van der Waals surface area (Å²) in [6.45, 7) is 0.560. The Morgan fingerprint density at radius 2 is 1.57 bits per heavy atom. The predicted octanol–water partition coefficient (Wildman–Crippen LogP) is 0.585. The number of aliphatic hydroxyl groups is 1. The Labute approximate surface area is 237 Å². The number of carboxylic acid groups (broad SMARTS) is 1. The molecular weight excluding hydrogens is 483 g/mol. The van der Waals surface area contributed by atoms with Gasteiger partial charge >= 0.3 is 29.6 Å². The maximum atomic E-state index is 11.2. The van der Waals surface area contributed by atoms with Crippen LogP contribution in [0.25, 0.3) is 0 Å². The number of aromatic nitrogens is 1. The molecule has 2 N–H and O–H groups in total. The van der Waals surface area contributed by atoms with E-state index in [-0.39, 0.29) is 42.6 Å². The van der Waals surface area contributed by atoms with Crippen molar-refractivity contribution in [1.29, 1.82) is 5.41 Å². The fourth-order valence-electron chi connectivity index (χ4n) is 3.48. The number of hydrogen-bond donors (Lipinski definition) is 2. The Balaban J connectivity index is 0.00000157. The third kappa shape index (κ3) is 9.18. The van der Waals surface area contributed by atoms with Crippen LogP contribution >= 0.6 is 0 Å². The van der Waals surface area contributed by atoms with E-state index in [9.17, 15) is 9.90 Å². The summed E-state index contributed by atoms with van der Waals surface area (Å²) in [5, 5.41) is 30.1. The summed E-state index contributed by atoms with van der Waals surface area (Å²) in [7, 11) is 1.00. The molecule has 9 heteroatoms. The van der Waals surface area contributed by atoms with Gasteiger partial charge in [-0.1, -0.05) is 59.8 Å². The van der Waals surface area contributed by atoms with Crippen molar-refractivity contribution in [1.82, 2.24) is 5.16 Å². The summed E-state index contributed by atoms with van der Waals surface area (Å²) in [6, 6.07) is 25.9. The molecule has 0 radical (unpaired) electrons. The van der Waals surface area contributed by atoms with Crippen molar-refractivity contribution < 1.29 is 58.6 Å². The van der Waals surface area contributed by atoms with Crippen molar-refractivity contribution in [2.75, 3.05) is 13.7 Å². The van der Waals surface area contributed by atoms with E-state index in [2.05, 4.69) is 5.16 Å². The van der Waals surface area contributed by atoms with Gasteiger partial charge in [0.2, 0.25) is 0 Å². The van der Waals surface area contributed by atoms with Crippen molar-refractivity contribution in [2.45, 2.75) is 18.9 Å². The van der Waals surface area contributed by atoms with Gasteiger partial charge in [-0.2, -0.15) is 0 Å². The van der Waals surface area contributed by atoms with Crippen molar-refractivity contribution in [2.24, 2.45) is 0 Å². The van der Waals surface area contributed by atoms with Crippen molar-refractivity contribution in [3.05, 3.63) is 114 Å². The molecule has 1 heterocycles. The molecule has 8 nitrogen and oxygen atoms in total. The Hall–Kier alpha value is -3.43. The number of hydrogen-bond acceptors (Lipinski definition) is 8. The monoisotopic (exact) mass is 510 g/mol. The first-order valence-electron chi connectivity index (χ1n) is 11.2. The first-order chi connectivity index (χ1) is 17.6. The molecular formula is C28H27N2NaO6. The number of benzene rings is 3. The number of nitrogens with zero attached hydrogens (tertiary/aromatic N) is 1. The topological polar surface area (TPSA) is 129 Å². The molecule has 0 saturated carbocycles. The van der Waals surface area contributed by atoms with Crippen molar-refractivity contribution in [3.8, 4) is 11.5 Å². The molecule has 0 fully saturated rings. The molecule has 37 heavy (non-hydrogen) atoms. The number of carboxylic acids is 1. The maximum Gasteiger partial charge on any atom is 1.00 e. The zero-order chi connectivity index (χ0) is 25.8. The maximum absolute atomic E-state index is 11.2. The summed E-state index contributed by atoms with van der Waals surface area (Å²) in [6.07, 6.45) is 1.23. The van der Waals surface area contributed by atoms with Crippen molar-refractivity contribution in [3.63, 3.8) is 0 Å². The number of carbonyl (C=O) groups is 1. The van der Waals surface area contributed by atoms with Gasteiger partial charge in [-0.15, -0.1) is 0 Å². The quantitative estimate of drug-likeness (QED) is 0.223. The molecule has 0 aliphatic rings. The van der Waals surface area contributed by atoms with Crippen LogP contribution in [-0.4, -0.2) is 35.7 Å². The third-order valence-corrected chi connectivity index (χ3v) is 5.30. The predicted molar refractivity (Wildman–Crippen MR) is 132 cm³/mol. The van der Waals surface area contributed by atoms with E-state index in [4.69, 9.17) is 24.5 Å². The second-order valence-corrected chi connectivity index (χ2v) is 7.69. The minimum atomic E-state index is -1.15. The molecule has 4 rings (SSSR count). The molecule has 0 spiro atoms. The Morgan fingerprint density at radius 1 is 0.946 bits per heavy atom. The van der Waals surface area contributed by atoms with E-state index in [0.717, 1.165) is 23.8 Å². The van der Waals surface area contributed by atoms with Crippen LogP contribution in [0.1, 0.15) is 34.7 Å². The largest absolute Gasteiger partial charge is 1.00 e. The zero-order valence-corrected chi connectivity index (χ0v) is 22.8. The van der Waals surface area contributed by atoms with Crippen LogP contribution in [0.4, 0.5) is 0 Å². The van der Waals surface area contributed by atoms with E-state index in [1.54, 1.807) is 18.2 Å². The molecule has 0 bridgehead atoms. The summed E-state index contributed by atoms with van der Waals surface area (Å²) in [5.74, 6) is -0.264. The van der Waals surface area contributed by atoms with Gasteiger partial charge in [0.15, 0.2) is 0 Å². The van der Waals surface area contributed by atoms with Gasteiger partial charge in [0.1, 0.15) is 31.0 Å². The van der Waals surface area contributed by atoms with E-state index in [1.165, 1.54) is 6.26 Å². The van der Waals surface area contributed by atoms with Crippen LogP contribution in [0.2, 0.25) is 0 Å². The fraction of sp³-hybridized carbons (Fsp3) is 0.179. The molecule has 0 aliphatic heterocycles. The number of rotatable bonds is 11. The second-order valence-electron chi connectivity index (χ2n) is 7.69. The third-order valence-electron chi connectivity index (χ3n) is 5.30. The Kier molecular flexibility index (Phi) is 12.6. The molecule has 0 saturated heterocycles. The fourth-order valence-corrected chi connectivity index (χ4v) is 3.48. The molecule has 4 aromatic rings. The Bertz CT molecular complexity index is 1210. The minimum Gasteiger partial charge on any atom is -0.550 e. The van der Waals surface area contributed by atoms with Gasteiger partial charge in [-0.3, -0.25) is 0 Å². The first kappa shape index (κ1) is 29.8. The van der Waals surface area contributed by atoms with E-state index in [1.807, 2.05) is 66.7 Å². The first-order valence-corrected chi connectivity index (χ1v) is 11.2. The summed E-state index contributed by atoms with van der Waals surface area (Å²) >= 11 is 0. The van der Waals surface area contributed by atoms with Crippen LogP contribution in [0.3, 0.4) is 0 Å². The number of carbonyl (C=O) groups excluding carboxylic acids is 1. The van der Waals surface area contributed by atoms with Gasteiger partial charge in [0.05, 0.1) is 11.4 Å². The summed E-state index contributed by atoms with van der Waals surface area (Å²) < 4.78 is 16.4. The average molecular weight is 511 g/mol. The molecule has 186 valence electrons. The van der Waals surface area contributed by atoms with Gasteiger partial charge in [-0.25, -0.2) is 0 Å². The van der Waals surface area contributed by atoms with Crippen LogP contribution in [-0.2, 0) is 11.4 Å². The molecule has 3 aromatic carbocycles. The van der Waals surface area contributed by atoms with Gasteiger partial charge in [-0.05, 0) is 47.4 Å². The van der Waals surface area contributed by atoms with Crippen LogP contribution in [0.15, 0.2) is 95.7 Å². The Morgan fingerprint density at radius 3 is 2.16 bits per heavy atom. The van der Waals surface area contributed by atoms with Gasteiger partial charge < -0.3 is 34.4 Å². The summed E-state index contributed by atoms with van der Waals surface area (Å²) in [5.41, 5.74) is 3.55. The molecule has 0 aliphatic carbocycles. The van der Waals surface area contributed by atoms with Crippen molar-refractivity contribution >= 4 is 11.7 Å². The second kappa shape index (κ2) is 15.6. The minimum absolute atomic E-state index is 0. The summed E-state index contributed by atoms with van der Waals surface area (Å²) in [4.78, 5) is 11.2. The standard InChI is InChI=1S/C27H24N2O5.CH4O.Na/c28-25(21-4-2-1-3-5-21)18-33-22-10-6-19(7-11-22)17-32-23-12-8-20(9-13-23)24(16-27(30)31)26-14-15-34-29-26;1-2;/h1-15,24,28H,16-18H2,(H,30,31);2H,1H3;/q;;+1/p-1. The van der Waals surface area contributed by atoms with E-state index < -0.39 is 11.9 Å². The smallest absolute Gasteiger partial charge is 0.550 e. The number of aliphatic hydroxyl groups excluding tert-OH is 1. The molecule has 1 unspecified atom stereocenters. The van der Waals surface area contributed by atoms with Gasteiger partial charge in [0.25, 0.3) is 0 Å². The molecule has 1 atom stereocenters. The number of ether oxygens (including phenoxy) is 2. The normalized spacial score (nSPS) is 10.8. The van der Waals surface area contributed by atoms with Crippen LogP contribution in [0.5, 0.6) is 11.5 Å². The zero-order valence-electron chi connectivity index (χ0n) is 20.8. The van der Waals surface area contributed by atoms with Crippen LogP contribution in [0, 0.1) is 5.41 Å². The van der Waals surface area contributed by atoms with Gasteiger partial charge in [0, 0.05) is 25.1 Å². The van der Waals surface area contributed by atoms with Crippen LogP contribution < -0.4 is 44.1 Å². The average Bonchev–Trinajstić information content (AvgIpc) is 3.46. The molecule has 0 amide bonds. The molecule has 1 aromatic heterocycles.